The first kappa shape index (κ1) is 17.2. The number of hydroxylamine groups is 1. The molecule has 10 heteroatoms. The highest BCUT2D eigenvalue weighted by atomic mass is 35.6. The Kier molecular flexibility index (Phi) is 5.33. The molecule has 1 N–H and O–H groups in total. The van der Waals surface area contributed by atoms with Crippen LogP contribution in [0.1, 0.15) is 6.92 Å². The second-order valence-electron chi connectivity index (χ2n) is 4.53. The quantitative estimate of drug-likeness (QED) is 0.348. The summed E-state index contributed by atoms with van der Waals surface area (Å²) in [5.74, 6) is -0.322. The minimum Gasteiger partial charge on any atom is -0.456 e. The van der Waals surface area contributed by atoms with Gasteiger partial charge >= 0.3 is 5.97 Å². The molecule has 0 aromatic carbocycles. The maximum Gasteiger partial charge on any atom is 0.355 e. The standard InChI is InChI=1S/C11H13Cl3N2O4S/c1-5-3-21-9-6(15-19-2)8(17)16(9)7(5)10(18)20-4-11(12,13)14/h6,9,15H,3-4H2,1-2H3/t6-,9+/m1/s1. The second kappa shape index (κ2) is 6.52. The maximum atomic E-state index is 12.1. The van der Waals surface area contributed by atoms with E-state index in [0.29, 0.717) is 5.75 Å². The summed E-state index contributed by atoms with van der Waals surface area (Å²) in [6, 6.07) is -0.482. The number of hydrogen-bond donors (Lipinski definition) is 1. The van der Waals surface area contributed by atoms with Crippen molar-refractivity contribution in [1.82, 2.24) is 10.4 Å². The van der Waals surface area contributed by atoms with Gasteiger partial charge in [-0.25, -0.2) is 4.79 Å². The minimum atomic E-state index is -1.69. The fraction of sp³-hybridized carbons (Fsp3) is 0.636. The first-order chi connectivity index (χ1) is 9.76. The fourth-order valence-electron chi connectivity index (χ4n) is 2.08. The summed E-state index contributed by atoms with van der Waals surface area (Å²) >= 11 is 18.2. The van der Waals surface area contributed by atoms with Gasteiger partial charge in [-0.3, -0.25) is 9.69 Å². The lowest BCUT2D eigenvalue weighted by molar-refractivity contribution is -0.156. The molecule has 0 aromatic heterocycles. The lowest BCUT2D eigenvalue weighted by Crippen LogP contribution is -2.69. The van der Waals surface area contributed by atoms with E-state index in [9.17, 15) is 9.59 Å². The summed E-state index contributed by atoms with van der Waals surface area (Å²) in [5.41, 5.74) is 3.57. The van der Waals surface area contributed by atoms with E-state index in [1.807, 2.05) is 0 Å². The van der Waals surface area contributed by atoms with E-state index in [1.165, 1.54) is 23.8 Å². The minimum absolute atomic E-state index is 0.212. The molecule has 0 radical (unpaired) electrons. The molecule has 0 aliphatic carbocycles. The van der Waals surface area contributed by atoms with E-state index in [4.69, 9.17) is 44.4 Å². The Morgan fingerprint density at radius 2 is 2.19 bits per heavy atom. The number of carbonyl (C=O) groups is 2. The van der Waals surface area contributed by atoms with Crippen LogP contribution >= 0.6 is 46.6 Å². The highest BCUT2D eigenvalue weighted by Crippen LogP contribution is 2.40. The number of fused-ring (bicyclic) bond motifs is 1. The molecule has 2 aliphatic heterocycles. The van der Waals surface area contributed by atoms with E-state index in [1.54, 1.807) is 6.92 Å². The summed E-state index contributed by atoms with van der Waals surface area (Å²) in [6.07, 6.45) is 0. The number of esters is 1. The molecule has 0 saturated carbocycles. The highest BCUT2D eigenvalue weighted by molar-refractivity contribution is 8.00. The van der Waals surface area contributed by atoms with Gasteiger partial charge < -0.3 is 9.57 Å². The lowest BCUT2D eigenvalue weighted by atomic mass is 10.0. The number of nitrogens with one attached hydrogen (secondary N) is 1. The molecule has 1 fully saturated rings. The smallest absolute Gasteiger partial charge is 0.355 e. The maximum absolute atomic E-state index is 12.1. The van der Waals surface area contributed by atoms with Gasteiger partial charge in [0.25, 0.3) is 5.91 Å². The van der Waals surface area contributed by atoms with Gasteiger partial charge in [0.1, 0.15) is 23.7 Å². The number of thioether (sulfide) groups is 1. The van der Waals surface area contributed by atoms with Crippen molar-refractivity contribution in [2.24, 2.45) is 0 Å². The van der Waals surface area contributed by atoms with Crippen LogP contribution in [0.3, 0.4) is 0 Å². The van der Waals surface area contributed by atoms with Crippen molar-refractivity contribution >= 4 is 58.4 Å². The van der Waals surface area contributed by atoms with E-state index >= 15 is 0 Å². The number of alkyl halides is 3. The van der Waals surface area contributed by atoms with Crippen LogP contribution in [0.15, 0.2) is 11.3 Å². The first-order valence-corrected chi connectivity index (χ1v) is 8.11. The largest absolute Gasteiger partial charge is 0.456 e. The van der Waals surface area contributed by atoms with E-state index in [2.05, 4.69) is 5.48 Å². The average molecular weight is 376 g/mol. The lowest BCUT2D eigenvalue weighted by Gasteiger charge is -2.49. The van der Waals surface area contributed by atoms with Gasteiger partial charge in [-0.1, -0.05) is 34.8 Å². The molecule has 0 aromatic rings. The fourth-order valence-corrected chi connectivity index (χ4v) is 3.52. The Hall–Kier alpha value is -0.180. The number of halogens is 3. The van der Waals surface area contributed by atoms with E-state index < -0.39 is 15.8 Å². The van der Waals surface area contributed by atoms with Gasteiger partial charge in [0, 0.05) is 5.75 Å². The number of amides is 1. The van der Waals surface area contributed by atoms with Crippen molar-refractivity contribution in [1.29, 1.82) is 0 Å². The first-order valence-electron chi connectivity index (χ1n) is 5.93. The van der Waals surface area contributed by atoms with Crippen molar-refractivity contribution in [2.45, 2.75) is 22.1 Å². The number of nitrogens with zero attached hydrogens (tertiary/aromatic N) is 1. The zero-order valence-corrected chi connectivity index (χ0v) is 14.3. The topological polar surface area (TPSA) is 67.9 Å². The number of ether oxygens (including phenoxy) is 1. The molecule has 0 unspecified atom stereocenters. The van der Waals surface area contributed by atoms with Crippen LogP contribution < -0.4 is 5.48 Å². The Balaban J connectivity index is 2.11. The normalized spacial score (nSPS) is 25.6. The molecule has 0 bridgehead atoms. The zero-order valence-electron chi connectivity index (χ0n) is 11.2. The van der Waals surface area contributed by atoms with Crippen molar-refractivity contribution in [3.8, 4) is 0 Å². The molecule has 118 valence electrons. The van der Waals surface area contributed by atoms with Crippen LogP contribution in [0, 0.1) is 0 Å². The molecule has 1 saturated heterocycles. The molecule has 2 aliphatic rings. The predicted molar refractivity (Wildman–Crippen MR) is 81.0 cm³/mol. The van der Waals surface area contributed by atoms with Crippen molar-refractivity contribution in [2.75, 3.05) is 19.5 Å². The number of β-lactam (4-membered cyclic amide) rings is 1. The summed E-state index contributed by atoms with van der Waals surface area (Å²) in [6.45, 7) is 1.38. The third-order valence-corrected chi connectivity index (χ3v) is 4.72. The van der Waals surface area contributed by atoms with Crippen molar-refractivity contribution in [3.05, 3.63) is 11.3 Å². The Bertz CT molecular complexity index is 494. The number of carbonyl (C=O) groups excluding carboxylic acids is 2. The molecular weight excluding hydrogens is 363 g/mol. The second-order valence-corrected chi connectivity index (χ2v) is 8.15. The van der Waals surface area contributed by atoms with Crippen LogP contribution in [0.4, 0.5) is 0 Å². The van der Waals surface area contributed by atoms with Gasteiger partial charge in [0.15, 0.2) is 0 Å². The third kappa shape index (κ3) is 3.60. The van der Waals surface area contributed by atoms with Crippen LogP contribution in [-0.2, 0) is 19.2 Å². The summed E-state index contributed by atoms with van der Waals surface area (Å²) in [7, 11) is 1.43. The Morgan fingerprint density at radius 3 is 2.76 bits per heavy atom. The van der Waals surface area contributed by atoms with E-state index in [-0.39, 0.29) is 23.6 Å². The highest BCUT2D eigenvalue weighted by Gasteiger charge is 2.53. The zero-order chi connectivity index (χ0) is 15.8. The predicted octanol–water partition coefficient (Wildman–Crippen LogP) is 1.61. The molecule has 2 rings (SSSR count). The molecule has 2 heterocycles. The molecule has 6 nitrogen and oxygen atoms in total. The molecule has 0 spiro atoms. The third-order valence-electron chi connectivity index (χ3n) is 2.96. The van der Waals surface area contributed by atoms with Gasteiger partial charge in [-0.05, 0) is 12.5 Å². The summed E-state index contributed by atoms with van der Waals surface area (Å²) in [4.78, 5) is 30.4. The van der Waals surface area contributed by atoms with Crippen molar-refractivity contribution < 1.29 is 19.2 Å². The summed E-state index contributed by atoms with van der Waals surface area (Å²) in [5, 5.41) is -0.212. The van der Waals surface area contributed by atoms with Crippen LogP contribution in [0.5, 0.6) is 0 Å². The molecule has 1 amide bonds. The molecular formula is C11H13Cl3N2O4S. The average Bonchev–Trinajstić information content (AvgIpc) is 2.41. The van der Waals surface area contributed by atoms with Crippen LogP contribution in [0.25, 0.3) is 0 Å². The molecule has 2 atom stereocenters. The monoisotopic (exact) mass is 374 g/mol. The van der Waals surface area contributed by atoms with E-state index in [0.717, 1.165) is 5.57 Å². The SMILES string of the molecule is CON[C@@H]1C(=O)N2C(C(=O)OCC(Cl)(Cl)Cl)=C(C)CS[C@@H]12. The number of hydrogen-bond acceptors (Lipinski definition) is 6. The van der Waals surface area contributed by atoms with Gasteiger partial charge in [-0.15, -0.1) is 11.8 Å². The summed E-state index contributed by atoms with van der Waals surface area (Å²) < 4.78 is 3.28. The van der Waals surface area contributed by atoms with Crippen LogP contribution in [0.2, 0.25) is 0 Å². The van der Waals surface area contributed by atoms with Crippen molar-refractivity contribution in [3.63, 3.8) is 0 Å². The Morgan fingerprint density at radius 1 is 1.52 bits per heavy atom. The van der Waals surface area contributed by atoms with Gasteiger partial charge in [-0.2, -0.15) is 5.48 Å². The van der Waals surface area contributed by atoms with Gasteiger partial charge in [0.05, 0.1) is 7.11 Å². The Labute approximate surface area is 141 Å². The van der Waals surface area contributed by atoms with Crippen LogP contribution in [-0.4, -0.2) is 51.5 Å². The molecule has 21 heavy (non-hydrogen) atoms. The van der Waals surface area contributed by atoms with Gasteiger partial charge in [0.2, 0.25) is 3.79 Å². The number of rotatable bonds is 4.